The minimum Gasteiger partial charge on any atom is -0.396 e. The van der Waals surface area contributed by atoms with Gasteiger partial charge in [-0.1, -0.05) is 66.8 Å². The van der Waals surface area contributed by atoms with Crippen LogP contribution in [0.1, 0.15) is 33.3 Å². The van der Waals surface area contributed by atoms with Crippen molar-refractivity contribution < 1.29 is 9.18 Å². The standard InChI is InChI=1S/C33H32Cl4FN7O2/c1-7-21(46)44-11-10-43(14-17(44)5)31-18-12-20(34)28(22-23(35)26(38)25(37)27(40)24(22)36)41-32(18)45(33(47)19(31)13-39)30-16(4)8-9-42(6)29(30)15(2)3/h7-9,12,15,17,29H,1,10-11,14,40H2,2-6H3/t17-,29?/m1/s1. The molecule has 5 rings (SSSR count). The number of hydrogen-bond donors (Lipinski definition) is 1. The van der Waals surface area contributed by atoms with E-state index in [1.165, 1.54) is 10.6 Å². The molecule has 4 heterocycles. The summed E-state index contributed by atoms with van der Waals surface area (Å²) in [6, 6.07) is 3.15. The van der Waals surface area contributed by atoms with E-state index in [1.807, 2.05) is 56.8 Å². The number of hydrogen-bond acceptors (Lipinski definition) is 7. The fourth-order valence-corrected chi connectivity index (χ4v) is 7.63. The van der Waals surface area contributed by atoms with Gasteiger partial charge < -0.3 is 20.4 Å². The number of halogens is 5. The fraction of sp³-hybridized carbons (Fsp3) is 0.333. The van der Waals surface area contributed by atoms with Crippen LogP contribution in [-0.2, 0) is 4.79 Å². The van der Waals surface area contributed by atoms with E-state index in [4.69, 9.17) is 57.1 Å². The molecule has 2 aliphatic heterocycles. The van der Waals surface area contributed by atoms with Gasteiger partial charge in [-0.05, 0) is 49.8 Å². The van der Waals surface area contributed by atoms with Gasteiger partial charge in [-0.2, -0.15) is 5.26 Å². The minimum absolute atomic E-state index is 0.0121. The van der Waals surface area contributed by atoms with E-state index in [2.05, 4.69) is 12.6 Å². The van der Waals surface area contributed by atoms with Crippen LogP contribution in [0.15, 0.2) is 41.4 Å². The molecule has 2 atom stereocenters. The molecule has 0 saturated carbocycles. The zero-order valence-corrected chi connectivity index (χ0v) is 29.4. The molecule has 9 nitrogen and oxygen atoms in total. The number of amides is 1. The van der Waals surface area contributed by atoms with E-state index >= 15 is 4.39 Å². The van der Waals surface area contributed by atoms with E-state index in [0.717, 1.165) is 5.57 Å². The van der Waals surface area contributed by atoms with Crippen molar-refractivity contribution in [1.29, 1.82) is 5.26 Å². The third-order valence-corrected chi connectivity index (χ3v) is 10.1. The van der Waals surface area contributed by atoms with Gasteiger partial charge in [0.05, 0.1) is 43.9 Å². The molecule has 2 aromatic heterocycles. The first-order valence-electron chi connectivity index (χ1n) is 14.8. The lowest BCUT2D eigenvalue weighted by molar-refractivity contribution is -0.128. The molecule has 14 heteroatoms. The second-order valence-electron chi connectivity index (χ2n) is 12.0. The van der Waals surface area contributed by atoms with Gasteiger partial charge in [0.25, 0.3) is 5.56 Å². The Morgan fingerprint density at radius 1 is 1.21 bits per heavy atom. The number of rotatable bonds is 5. The number of nitrogens with zero attached hydrogens (tertiary/aromatic N) is 6. The first kappa shape index (κ1) is 34.6. The molecule has 1 fully saturated rings. The average Bonchev–Trinajstić information content (AvgIpc) is 3.03. The molecule has 47 heavy (non-hydrogen) atoms. The molecule has 3 aromatic rings. The summed E-state index contributed by atoms with van der Waals surface area (Å²) in [6.45, 7) is 12.4. The Labute approximate surface area is 291 Å². The monoisotopic (exact) mass is 717 g/mol. The molecule has 246 valence electrons. The number of nitrogens with two attached hydrogens (primary N) is 1. The maximum atomic E-state index is 15.2. The van der Waals surface area contributed by atoms with Gasteiger partial charge in [0, 0.05) is 43.7 Å². The number of allylic oxidation sites excluding steroid dienone is 2. The predicted molar refractivity (Wildman–Crippen MR) is 189 cm³/mol. The van der Waals surface area contributed by atoms with Gasteiger partial charge in [0.2, 0.25) is 5.91 Å². The zero-order valence-electron chi connectivity index (χ0n) is 26.3. The molecule has 0 aliphatic carbocycles. The van der Waals surface area contributed by atoms with Crippen molar-refractivity contribution in [2.45, 2.75) is 39.8 Å². The van der Waals surface area contributed by atoms with Gasteiger partial charge in [-0.3, -0.25) is 14.2 Å². The number of nitrogen functional groups attached to an aromatic ring is 1. The number of aromatic nitrogens is 2. The van der Waals surface area contributed by atoms with Crippen molar-refractivity contribution >= 4 is 80.4 Å². The van der Waals surface area contributed by atoms with Crippen LogP contribution in [0.5, 0.6) is 0 Å². The quantitative estimate of drug-likeness (QED) is 0.129. The summed E-state index contributed by atoms with van der Waals surface area (Å²) in [6.07, 6.45) is 5.06. The molecule has 0 spiro atoms. The first-order chi connectivity index (χ1) is 22.2. The summed E-state index contributed by atoms with van der Waals surface area (Å²) in [5, 5.41) is 9.90. The molecule has 1 amide bonds. The molecular formula is C33H32Cl4FN7O2. The van der Waals surface area contributed by atoms with E-state index in [9.17, 15) is 14.9 Å². The summed E-state index contributed by atoms with van der Waals surface area (Å²) >= 11 is 26.0. The fourth-order valence-electron chi connectivity index (χ4n) is 6.49. The number of benzene rings is 1. The summed E-state index contributed by atoms with van der Waals surface area (Å²) in [5.74, 6) is -1.19. The number of pyridine rings is 2. The Morgan fingerprint density at radius 3 is 2.49 bits per heavy atom. The number of carbonyl (C=O) groups is 1. The van der Waals surface area contributed by atoms with E-state index in [-0.39, 0.29) is 62.1 Å². The summed E-state index contributed by atoms with van der Waals surface area (Å²) < 4.78 is 16.6. The second kappa shape index (κ2) is 13.0. The van der Waals surface area contributed by atoms with Crippen molar-refractivity contribution in [2.75, 3.05) is 37.3 Å². The molecule has 1 saturated heterocycles. The highest BCUT2D eigenvalue weighted by Crippen LogP contribution is 2.47. The number of likely N-dealkylation sites (N-methyl/N-ethyl adjacent to an activating group) is 1. The normalized spacial score (nSPS) is 18.4. The Kier molecular flexibility index (Phi) is 9.59. The Morgan fingerprint density at radius 2 is 1.89 bits per heavy atom. The predicted octanol–water partition coefficient (Wildman–Crippen LogP) is 7.21. The summed E-state index contributed by atoms with van der Waals surface area (Å²) in [5.41, 5.74) is 6.80. The van der Waals surface area contributed by atoms with Crippen molar-refractivity contribution in [3.05, 3.63) is 78.4 Å². The summed E-state index contributed by atoms with van der Waals surface area (Å²) in [7, 11) is 1.90. The van der Waals surface area contributed by atoms with Gasteiger partial charge in [-0.15, -0.1) is 0 Å². The van der Waals surface area contributed by atoms with Crippen LogP contribution in [0.3, 0.4) is 0 Å². The van der Waals surface area contributed by atoms with Crippen LogP contribution in [0.4, 0.5) is 15.8 Å². The smallest absolute Gasteiger partial charge is 0.276 e. The van der Waals surface area contributed by atoms with Crippen LogP contribution in [-0.4, -0.2) is 64.0 Å². The number of nitriles is 1. The first-order valence-corrected chi connectivity index (χ1v) is 16.3. The maximum absolute atomic E-state index is 15.2. The highest BCUT2D eigenvalue weighted by atomic mass is 35.5. The zero-order chi connectivity index (χ0) is 34.6. The van der Waals surface area contributed by atoms with Crippen LogP contribution in [0.25, 0.3) is 28.0 Å². The molecule has 0 bridgehead atoms. The third-order valence-electron chi connectivity index (χ3n) is 8.68. The van der Waals surface area contributed by atoms with Gasteiger partial charge in [0.1, 0.15) is 22.3 Å². The molecule has 0 radical (unpaired) electrons. The van der Waals surface area contributed by atoms with Gasteiger partial charge >= 0.3 is 0 Å². The lowest BCUT2D eigenvalue weighted by Crippen LogP contribution is -2.54. The van der Waals surface area contributed by atoms with Crippen molar-refractivity contribution in [3.63, 3.8) is 0 Å². The maximum Gasteiger partial charge on any atom is 0.276 e. The molecule has 1 aromatic carbocycles. The SMILES string of the molecule is C=CC(=O)N1CCN(c2c(C#N)c(=O)n(C3=C(C)C=CN(C)C3C(C)C)c3nc(-c4c(Cl)c(N)c(Cl)c(F)c4Cl)c(Cl)cc23)C[C@H]1C. The molecule has 2 N–H and O–H groups in total. The van der Waals surface area contributed by atoms with E-state index in [1.54, 1.807) is 11.0 Å². The highest BCUT2D eigenvalue weighted by molar-refractivity contribution is 6.46. The third kappa shape index (κ3) is 5.63. The topological polar surface area (TPSA) is 111 Å². The molecule has 1 unspecified atom stereocenters. The Bertz CT molecular complexity index is 1990. The molecular weight excluding hydrogens is 687 g/mol. The van der Waals surface area contributed by atoms with Gasteiger partial charge in [0.15, 0.2) is 5.82 Å². The average molecular weight is 719 g/mol. The number of piperazine rings is 1. The minimum atomic E-state index is -1.00. The van der Waals surface area contributed by atoms with Crippen molar-refractivity contribution in [1.82, 2.24) is 19.4 Å². The van der Waals surface area contributed by atoms with Crippen molar-refractivity contribution in [2.24, 2.45) is 5.92 Å². The van der Waals surface area contributed by atoms with Crippen LogP contribution in [0.2, 0.25) is 20.1 Å². The largest absolute Gasteiger partial charge is 0.396 e. The second-order valence-corrected chi connectivity index (χ2v) is 13.5. The Hall–Kier alpha value is -3.75. The van der Waals surface area contributed by atoms with Crippen LogP contribution in [0, 0.1) is 23.1 Å². The highest BCUT2D eigenvalue weighted by Gasteiger charge is 2.35. The number of fused-ring (bicyclic) bond motifs is 1. The lowest BCUT2D eigenvalue weighted by Gasteiger charge is -2.41. The molecule has 2 aliphatic rings. The van der Waals surface area contributed by atoms with Crippen LogP contribution < -0.4 is 16.2 Å². The van der Waals surface area contributed by atoms with Gasteiger partial charge in [-0.25, -0.2) is 9.37 Å². The van der Waals surface area contributed by atoms with E-state index in [0.29, 0.717) is 36.4 Å². The van der Waals surface area contributed by atoms with E-state index < -0.39 is 21.4 Å². The summed E-state index contributed by atoms with van der Waals surface area (Å²) in [4.78, 5) is 37.6. The number of anilines is 2. The van der Waals surface area contributed by atoms with Crippen LogP contribution >= 0.6 is 46.4 Å². The lowest BCUT2D eigenvalue weighted by atomic mass is 9.93. The Balaban J connectivity index is 1.92. The number of carbonyl (C=O) groups excluding carboxylic acids is 1. The van der Waals surface area contributed by atoms with Crippen molar-refractivity contribution in [3.8, 4) is 17.3 Å².